The molecule has 1 heterocycles. The van der Waals surface area contributed by atoms with Crippen LogP contribution in [0.1, 0.15) is 41.7 Å². The Morgan fingerprint density at radius 2 is 1.78 bits per heavy atom. The molecule has 0 aromatic heterocycles. The van der Waals surface area contributed by atoms with E-state index in [9.17, 15) is 18.4 Å². The van der Waals surface area contributed by atoms with E-state index in [1.54, 1.807) is 23.8 Å². The maximum absolute atomic E-state index is 13.6. The van der Waals surface area contributed by atoms with Crippen LogP contribution in [0, 0.1) is 17.6 Å². The second kappa shape index (κ2) is 9.07. The van der Waals surface area contributed by atoms with Crippen molar-refractivity contribution in [1.29, 1.82) is 0 Å². The number of hydrogen-bond acceptors (Lipinski definition) is 2. The minimum absolute atomic E-state index is 0.0735. The van der Waals surface area contributed by atoms with E-state index in [4.69, 9.17) is 0 Å². The van der Waals surface area contributed by atoms with Gasteiger partial charge in [0.25, 0.3) is 5.91 Å². The van der Waals surface area contributed by atoms with Crippen LogP contribution in [-0.4, -0.2) is 41.8 Å². The topological polar surface area (TPSA) is 40.6 Å². The Morgan fingerprint density at radius 3 is 2.56 bits per heavy atom. The standard InChI is InChI=1S/C26H26F2N2O2/c1-17(19-12-13-23(27)24(28)15-19)29(2)25(31)20-9-6-14-30(16-20)26(32)22-11-5-8-18-7-3-4-10-21(18)22/h3-5,7-8,10-13,15,17,20H,6,9,14,16H2,1-2H3. The van der Waals surface area contributed by atoms with Crippen molar-refractivity contribution >= 4 is 22.6 Å². The second-order valence-corrected chi connectivity index (χ2v) is 8.42. The van der Waals surface area contributed by atoms with Gasteiger partial charge in [0.05, 0.1) is 12.0 Å². The Labute approximate surface area is 186 Å². The molecule has 1 aliphatic rings. The highest BCUT2D eigenvalue weighted by Gasteiger charge is 2.32. The predicted molar refractivity (Wildman–Crippen MR) is 120 cm³/mol. The molecule has 1 aliphatic heterocycles. The van der Waals surface area contributed by atoms with Gasteiger partial charge in [-0.15, -0.1) is 0 Å². The molecule has 2 unspecified atom stereocenters. The van der Waals surface area contributed by atoms with Gasteiger partial charge in [-0.05, 0) is 54.3 Å². The first-order chi connectivity index (χ1) is 15.4. The summed E-state index contributed by atoms with van der Waals surface area (Å²) in [5, 5.41) is 1.90. The van der Waals surface area contributed by atoms with Crippen LogP contribution in [0.3, 0.4) is 0 Å². The third kappa shape index (κ3) is 4.22. The number of hydrogen-bond donors (Lipinski definition) is 0. The third-order valence-corrected chi connectivity index (χ3v) is 6.43. The first-order valence-corrected chi connectivity index (χ1v) is 10.9. The summed E-state index contributed by atoms with van der Waals surface area (Å²) in [7, 11) is 1.67. The van der Waals surface area contributed by atoms with Crippen molar-refractivity contribution in [3.63, 3.8) is 0 Å². The van der Waals surface area contributed by atoms with Crippen molar-refractivity contribution in [1.82, 2.24) is 9.80 Å². The minimum atomic E-state index is -0.931. The van der Waals surface area contributed by atoms with Gasteiger partial charge in [0.1, 0.15) is 0 Å². The van der Waals surface area contributed by atoms with Crippen LogP contribution in [-0.2, 0) is 4.79 Å². The van der Waals surface area contributed by atoms with Crippen molar-refractivity contribution in [3.05, 3.63) is 83.4 Å². The number of likely N-dealkylation sites (tertiary alicyclic amines) is 1. The smallest absolute Gasteiger partial charge is 0.254 e. The zero-order valence-electron chi connectivity index (χ0n) is 18.2. The van der Waals surface area contributed by atoms with Gasteiger partial charge in [-0.3, -0.25) is 9.59 Å². The molecule has 32 heavy (non-hydrogen) atoms. The molecule has 4 rings (SSSR count). The Bertz CT molecular complexity index is 1160. The fourth-order valence-corrected chi connectivity index (χ4v) is 4.42. The molecule has 166 valence electrons. The van der Waals surface area contributed by atoms with Gasteiger partial charge in [-0.25, -0.2) is 8.78 Å². The molecule has 0 aliphatic carbocycles. The van der Waals surface area contributed by atoms with Gasteiger partial charge < -0.3 is 9.80 Å². The second-order valence-electron chi connectivity index (χ2n) is 8.42. The molecule has 2 atom stereocenters. The van der Waals surface area contributed by atoms with Gasteiger partial charge in [0.2, 0.25) is 5.91 Å². The lowest BCUT2D eigenvalue weighted by atomic mass is 9.94. The fraction of sp³-hybridized carbons (Fsp3) is 0.308. The van der Waals surface area contributed by atoms with E-state index in [1.165, 1.54) is 6.07 Å². The molecule has 2 amide bonds. The monoisotopic (exact) mass is 436 g/mol. The molecule has 0 spiro atoms. The number of halogens is 2. The first-order valence-electron chi connectivity index (χ1n) is 10.9. The molecule has 3 aromatic rings. The normalized spacial score (nSPS) is 17.2. The van der Waals surface area contributed by atoms with Gasteiger partial charge in [-0.2, -0.15) is 0 Å². The fourth-order valence-electron chi connectivity index (χ4n) is 4.42. The molecule has 6 heteroatoms. The summed E-state index contributed by atoms with van der Waals surface area (Å²) in [5.74, 6) is -2.35. The number of rotatable bonds is 4. The molecular weight excluding hydrogens is 410 g/mol. The highest BCUT2D eigenvalue weighted by Crippen LogP contribution is 2.27. The molecule has 1 saturated heterocycles. The maximum Gasteiger partial charge on any atom is 0.254 e. The van der Waals surface area contributed by atoms with Crippen molar-refractivity contribution in [2.75, 3.05) is 20.1 Å². The summed E-state index contributed by atoms with van der Waals surface area (Å²) in [6.07, 6.45) is 1.42. The quantitative estimate of drug-likeness (QED) is 0.565. The highest BCUT2D eigenvalue weighted by atomic mass is 19.2. The highest BCUT2D eigenvalue weighted by molar-refractivity contribution is 6.07. The Kier molecular flexibility index (Phi) is 6.21. The van der Waals surface area contributed by atoms with Crippen LogP contribution in [0.25, 0.3) is 10.8 Å². The van der Waals surface area contributed by atoms with Crippen LogP contribution >= 0.6 is 0 Å². The summed E-state index contributed by atoms with van der Waals surface area (Å²) in [6.45, 7) is 2.73. The molecule has 3 aromatic carbocycles. The van der Waals surface area contributed by atoms with Crippen molar-refractivity contribution in [3.8, 4) is 0 Å². The molecule has 0 saturated carbocycles. The zero-order valence-corrected chi connectivity index (χ0v) is 18.2. The van der Waals surface area contributed by atoms with E-state index in [2.05, 4.69) is 0 Å². The first kappa shape index (κ1) is 21.9. The number of benzene rings is 3. The van der Waals surface area contributed by atoms with Crippen LogP contribution in [0.5, 0.6) is 0 Å². The van der Waals surface area contributed by atoms with E-state index in [-0.39, 0.29) is 17.7 Å². The predicted octanol–water partition coefficient (Wildman–Crippen LogP) is 5.19. The molecule has 1 fully saturated rings. The van der Waals surface area contributed by atoms with E-state index >= 15 is 0 Å². The Hall–Kier alpha value is -3.28. The van der Waals surface area contributed by atoms with Crippen LogP contribution in [0.4, 0.5) is 8.78 Å². The van der Waals surface area contributed by atoms with E-state index in [0.29, 0.717) is 30.6 Å². The molecule has 4 nitrogen and oxygen atoms in total. The zero-order chi connectivity index (χ0) is 22.8. The number of nitrogens with zero attached hydrogens (tertiary/aromatic N) is 2. The summed E-state index contributed by atoms with van der Waals surface area (Å²) in [4.78, 5) is 29.8. The number of fused-ring (bicyclic) bond motifs is 1. The average Bonchev–Trinajstić information content (AvgIpc) is 2.83. The summed E-state index contributed by atoms with van der Waals surface area (Å²) < 4.78 is 26.9. The van der Waals surface area contributed by atoms with E-state index < -0.39 is 17.7 Å². The molecule has 0 bridgehead atoms. The Balaban J connectivity index is 1.49. The number of carbonyl (C=O) groups is 2. The summed E-state index contributed by atoms with van der Waals surface area (Å²) >= 11 is 0. The maximum atomic E-state index is 13.6. The lowest BCUT2D eigenvalue weighted by Crippen LogP contribution is -2.46. The number of piperidine rings is 1. The average molecular weight is 437 g/mol. The van der Waals surface area contributed by atoms with Crippen LogP contribution in [0.15, 0.2) is 60.7 Å². The lowest BCUT2D eigenvalue weighted by Gasteiger charge is -2.36. The number of carbonyl (C=O) groups excluding carboxylic acids is 2. The summed E-state index contributed by atoms with van der Waals surface area (Å²) in [6, 6.07) is 16.7. The van der Waals surface area contributed by atoms with Crippen molar-refractivity contribution < 1.29 is 18.4 Å². The molecule has 0 radical (unpaired) electrons. The van der Waals surface area contributed by atoms with Gasteiger partial charge in [-0.1, -0.05) is 42.5 Å². The summed E-state index contributed by atoms with van der Waals surface area (Å²) in [5.41, 5.74) is 1.17. The van der Waals surface area contributed by atoms with E-state index in [1.807, 2.05) is 42.5 Å². The Morgan fingerprint density at radius 1 is 1.03 bits per heavy atom. The van der Waals surface area contributed by atoms with Crippen molar-refractivity contribution in [2.45, 2.75) is 25.8 Å². The van der Waals surface area contributed by atoms with Crippen molar-refractivity contribution in [2.24, 2.45) is 5.92 Å². The van der Waals surface area contributed by atoms with E-state index in [0.717, 1.165) is 29.3 Å². The number of amides is 2. The lowest BCUT2D eigenvalue weighted by molar-refractivity contribution is -0.137. The van der Waals surface area contributed by atoms with Crippen LogP contribution < -0.4 is 0 Å². The van der Waals surface area contributed by atoms with Gasteiger partial charge >= 0.3 is 0 Å². The van der Waals surface area contributed by atoms with Gasteiger partial charge in [0.15, 0.2) is 11.6 Å². The SMILES string of the molecule is CC(c1ccc(F)c(F)c1)N(C)C(=O)C1CCCN(C(=O)c2cccc3ccccc23)C1. The third-order valence-electron chi connectivity index (χ3n) is 6.43. The molecule has 0 N–H and O–H groups in total. The van der Waals surface area contributed by atoms with Crippen LogP contribution in [0.2, 0.25) is 0 Å². The molecular formula is C26H26F2N2O2. The minimum Gasteiger partial charge on any atom is -0.339 e. The van der Waals surface area contributed by atoms with Gasteiger partial charge in [0, 0.05) is 25.7 Å². The largest absolute Gasteiger partial charge is 0.339 e.